The van der Waals surface area contributed by atoms with Gasteiger partial charge >= 0.3 is 5.97 Å². The molecule has 0 saturated heterocycles. The molecule has 5 nitrogen and oxygen atoms in total. The third kappa shape index (κ3) is 3.77. The van der Waals surface area contributed by atoms with Crippen molar-refractivity contribution in [2.45, 2.75) is 110 Å². The van der Waals surface area contributed by atoms with E-state index < -0.39 is 22.9 Å². The number of allylic oxidation sites excluding steroid dienone is 2. The summed E-state index contributed by atoms with van der Waals surface area (Å²) >= 11 is 0. The maximum Gasteiger partial charge on any atom is 0.331 e. The van der Waals surface area contributed by atoms with E-state index in [9.17, 15) is 15.0 Å². The molecule has 2 fully saturated rings. The van der Waals surface area contributed by atoms with E-state index in [-0.39, 0.29) is 28.1 Å². The SMILES string of the molecule is C#C[C@]12c3[nH]c4cc5c(cc4c3CC1CC[C@H]1[C@](C)(/C=C/C=C(\C)C(=O)O)[C@@H](O)CC[C@@]12C)C1=CC(C)(C)OC(C)(C)C1C5. The molecule has 4 aliphatic carbocycles. The molecule has 1 aliphatic heterocycles. The molecule has 1 aromatic carbocycles. The fraction of sp³-hybridized carbons (Fsp3) is 0.564. The van der Waals surface area contributed by atoms with Gasteiger partial charge in [-0.3, -0.25) is 0 Å². The quantitative estimate of drug-likeness (QED) is 0.195. The fourth-order valence-corrected chi connectivity index (χ4v) is 10.8. The first-order chi connectivity index (χ1) is 20.6. The van der Waals surface area contributed by atoms with Gasteiger partial charge in [0.15, 0.2) is 0 Å². The molecule has 2 aromatic rings. The number of carboxylic acids is 1. The van der Waals surface area contributed by atoms with Gasteiger partial charge < -0.3 is 19.9 Å². The van der Waals surface area contributed by atoms with Crippen molar-refractivity contribution < 1.29 is 19.7 Å². The van der Waals surface area contributed by atoms with Crippen LogP contribution >= 0.6 is 0 Å². The van der Waals surface area contributed by atoms with Crippen LogP contribution in [0.1, 0.15) is 96.5 Å². The molecule has 2 saturated carbocycles. The number of ether oxygens (including phenoxy) is 1. The topological polar surface area (TPSA) is 82.6 Å². The lowest BCUT2D eigenvalue weighted by Gasteiger charge is -2.63. The number of carbonyl (C=O) groups is 1. The highest BCUT2D eigenvalue weighted by atomic mass is 16.5. The molecule has 2 heterocycles. The fourth-order valence-electron chi connectivity index (χ4n) is 10.8. The van der Waals surface area contributed by atoms with Crippen LogP contribution < -0.4 is 0 Å². The third-order valence-electron chi connectivity index (χ3n) is 12.8. The molecule has 2 unspecified atom stereocenters. The average molecular weight is 594 g/mol. The lowest BCUT2D eigenvalue weighted by atomic mass is 9.40. The first-order valence-corrected chi connectivity index (χ1v) is 16.4. The van der Waals surface area contributed by atoms with Gasteiger partial charge in [-0.15, -0.1) is 6.42 Å². The highest BCUT2D eigenvalue weighted by Gasteiger charge is 2.68. The second-order valence-electron chi connectivity index (χ2n) is 16.0. The Morgan fingerprint density at radius 2 is 1.86 bits per heavy atom. The number of aliphatic hydroxyl groups is 1. The number of benzene rings is 1. The van der Waals surface area contributed by atoms with E-state index in [2.05, 4.69) is 76.7 Å². The van der Waals surface area contributed by atoms with E-state index in [1.165, 1.54) is 38.9 Å². The van der Waals surface area contributed by atoms with Crippen molar-refractivity contribution in [3.05, 3.63) is 64.4 Å². The Morgan fingerprint density at radius 1 is 1.11 bits per heavy atom. The molecule has 7 atom stereocenters. The zero-order valence-corrected chi connectivity index (χ0v) is 27.3. The van der Waals surface area contributed by atoms with Crippen LogP contribution in [0.15, 0.2) is 42.0 Å². The zero-order chi connectivity index (χ0) is 31.6. The smallest absolute Gasteiger partial charge is 0.331 e. The van der Waals surface area contributed by atoms with Crippen molar-refractivity contribution in [3.8, 4) is 12.3 Å². The summed E-state index contributed by atoms with van der Waals surface area (Å²) in [4.78, 5) is 15.3. The number of carboxylic acid groups (broad SMARTS) is 1. The Balaban J connectivity index is 1.34. The summed E-state index contributed by atoms with van der Waals surface area (Å²) in [5.41, 5.74) is 6.47. The summed E-state index contributed by atoms with van der Waals surface area (Å²) in [5.74, 6) is 3.36. The normalized spacial score (nSPS) is 38.3. The van der Waals surface area contributed by atoms with Crippen LogP contribution in [-0.4, -0.2) is 38.5 Å². The number of aliphatic hydroxyl groups excluding tert-OH is 1. The number of aromatic amines is 1. The Hall–Kier alpha value is -3.07. The second-order valence-corrected chi connectivity index (χ2v) is 16.0. The van der Waals surface area contributed by atoms with Gasteiger partial charge in [0.05, 0.1) is 22.7 Å². The van der Waals surface area contributed by atoms with Gasteiger partial charge in [-0.1, -0.05) is 38.0 Å². The predicted molar refractivity (Wildman–Crippen MR) is 175 cm³/mol. The van der Waals surface area contributed by atoms with Crippen molar-refractivity contribution in [2.24, 2.45) is 28.6 Å². The largest absolute Gasteiger partial charge is 0.478 e. The van der Waals surface area contributed by atoms with Crippen LogP contribution in [0.2, 0.25) is 0 Å². The molecule has 5 aliphatic rings. The number of aliphatic carboxylic acids is 1. The van der Waals surface area contributed by atoms with Crippen LogP contribution in [0.3, 0.4) is 0 Å². The minimum Gasteiger partial charge on any atom is -0.478 e. The molecule has 0 radical (unpaired) electrons. The van der Waals surface area contributed by atoms with E-state index in [1.54, 1.807) is 13.0 Å². The number of nitrogens with one attached hydrogen (secondary N) is 1. The Bertz CT molecular complexity index is 1730. The van der Waals surface area contributed by atoms with E-state index in [4.69, 9.17) is 11.2 Å². The first kappa shape index (κ1) is 29.6. The van der Waals surface area contributed by atoms with E-state index in [0.29, 0.717) is 18.3 Å². The van der Waals surface area contributed by atoms with Gasteiger partial charge in [-0.05, 0) is 131 Å². The van der Waals surface area contributed by atoms with Crippen LogP contribution in [0.25, 0.3) is 16.5 Å². The molecular formula is C39H47NO4. The summed E-state index contributed by atoms with van der Waals surface area (Å²) in [6.07, 6.45) is 19.5. The summed E-state index contributed by atoms with van der Waals surface area (Å²) in [5, 5.41) is 22.1. The van der Waals surface area contributed by atoms with Gasteiger partial charge in [0.2, 0.25) is 0 Å². The molecule has 3 N–H and O–H groups in total. The van der Waals surface area contributed by atoms with Crippen molar-refractivity contribution in [1.29, 1.82) is 0 Å². The van der Waals surface area contributed by atoms with Crippen LogP contribution in [0, 0.1) is 40.9 Å². The average Bonchev–Trinajstić information content (AvgIpc) is 3.57. The highest BCUT2D eigenvalue weighted by Crippen LogP contribution is 2.70. The van der Waals surface area contributed by atoms with Crippen LogP contribution in [0.5, 0.6) is 0 Å². The minimum atomic E-state index is -0.931. The van der Waals surface area contributed by atoms with Gasteiger partial charge in [-0.2, -0.15) is 0 Å². The van der Waals surface area contributed by atoms with Gasteiger partial charge in [0, 0.05) is 33.5 Å². The number of hydrogen-bond acceptors (Lipinski definition) is 3. The van der Waals surface area contributed by atoms with Crippen molar-refractivity contribution in [2.75, 3.05) is 0 Å². The third-order valence-corrected chi connectivity index (χ3v) is 12.8. The Kier molecular flexibility index (Phi) is 6.22. The number of H-pyrrole nitrogens is 1. The standard InChI is InChI=1S/C39H47NO4/c1-9-39-24(12-13-31-37(7,15-10-11-22(2)34(42)43)32(41)14-16-38(31,39)8)19-27-26-20-25-23(18-30(26)40-33(27)39)17-29-28(25)21-35(3,4)44-36(29,5)6/h1,10-11,15,18,20-21,24,29,31-32,40-41H,12-14,16-17,19H2,2-8H3,(H,42,43)/b15-10+,22-11+/t24?,29?,31-,32-,37-,38-,39+/m0/s1. The zero-order valence-electron chi connectivity index (χ0n) is 27.3. The van der Waals surface area contributed by atoms with Crippen molar-refractivity contribution >= 4 is 22.4 Å². The summed E-state index contributed by atoms with van der Waals surface area (Å²) in [7, 11) is 0. The van der Waals surface area contributed by atoms with Crippen molar-refractivity contribution in [1.82, 2.24) is 4.98 Å². The number of fused-ring (bicyclic) bond motifs is 10. The highest BCUT2D eigenvalue weighted by molar-refractivity contribution is 5.93. The van der Waals surface area contributed by atoms with E-state index >= 15 is 0 Å². The maximum absolute atomic E-state index is 11.5. The maximum atomic E-state index is 11.5. The van der Waals surface area contributed by atoms with Gasteiger partial charge in [0.25, 0.3) is 0 Å². The molecule has 5 heteroatoms. The summed E-state index contributed by atoms with van der Waals surface area (Å²) < 4.78 is 6.53. The molecule has 0 amide bonds. The van der Waals surface area contributed by atoms with Gasteiger partial charge in [-0.25, -0.2) is 4.79 Å². The Morgan fingerprint density at radius 3 is 2.57 bits per heavy atom. The van der Waals surface area contributed by atoms with Crippen LogP contribution in [-0.2, 0) is 27.8 Å². The molecule has 7 rings (SSSR count). The number of aromatic nitrogens is 1. The van der Waals surface area contributed by atoms with E-state index in [0.717, 1.165) is 32.1 Å². The van der Waals surface area contributed by atoms with Crippen LogP contribution in [0.4, 0.5) is 0 Å². The Labute approximate surface area is 261 Å². The first-order valence-electron chi connectivity index (χ1n) is 16.4. The molecule has 232 valence electrons. The number of rotatable bonds is 3. The summed E-state index contributed by atoms with van der Waals surface area (Å²) in [6.45, 7) is 14.9. The predicted octanol–water partition coefficient (Wildman–Crippen LogP) is 7.52. The summed E-state index contributed by atoms with van der Waals surface area (Å²) in [6, 6.07) is 4.82. The molecule has 0 bridgehead atoms. The second kappa shape index (κ2) is 9.24. The lowest BCUT2D eigenvalue weighted by Crippen LogP contribution is -2.62. The molecule has 1 aromatic heterocycles. The number of terminal acetylenes is 1. The van der Waals surface area contributed by atoms with Gasteiger partial charge in [0.1, 0.15) is 0 Å². The lowest BCUT2D eigenvalue weighted by molar-refractivity contribution is -0.133. The molecule has 44 heavy (non-hydrogen) atoms. The van der Waals surface area contributed by atoms with E-state index in [1.807, 2.05) is 6.08 Å². The molecule has 0 spiro atoms. The molecular weight excluding hydrogens is 546 g/mol. The minimum absolute atomic E-state index is 0.154. The monoisotopic (exact) mass is 593 g/mol. The number of hydrogen-bond donors (Lipinski definition) is 3. The van der Waals surface area contributed by atoms with Crippen molar-refractivity contribution in [3.63, 3.8) is 0 Å².